The van der Waals surface area contributed by atoms with Crippen molar-refractivity contribution >= 4 is 28.9 Å². The van der Waals surface area contributed by atoms with E-state index in [4.69, 9.17) is 0 Å². The van der Waals surface area contributed by atoms with Gasteiger partial charge in [0.05, 0.1) is 0 Å². The third-order valence-electron chi connectivity index (χ3n) is 7.55. The molecule has 5 aromatic carbocycles. The van der Waals surface area contributed by atoms with Crippen LogP contribution in [-0.4, -0.2) is 5.29 Å². The largest absolute Gasteiger partial charge is 0.0622 e. The van der Waals surface area contributed by atoms with Gasteiger partial charge in [0.2, 0.25) is 0 Å². The van der Waals surface area contributed by atoms with Crippen LogP contribution in [0.15, 0.2) is 140 Å². The van der Waals surface area contributed by atoms with Gasteiger partial charge in [-0.05, 0) is 56.2 Å². The summed E-state index contributed by atoms with van der Waals surface area (Å²) in [6.07, 6.45) is 4.74. The van der Waals surface area contributed by atoms with E-state index in [0.717, 1.165) is 0 Å². The highest BCUT2D eigenvalue weighted by molar-refractivity contribution is 7.90. The van der Waals surface area contributed by atoms with E-state index in [-0.39, 0.29) is 5.66 Å². The van der Waals surface area contributed by atoms with Crippen molar-refractivity contribution in [3.05, 3.63) is 162 Å². The highest BCUT2D eigenvalue weighted by Gasteiger charge is 2.43. The lowest BCUT2D eigenvalue weighted by molar-refractivity contribution is 1.20. The zero-order valence-electron chi connectivity index (χ0n) is 19.4. The molecule has 0 saturated heterocycles. The Morgan fingerprint density at radius 2 is 0.857 bits per heavy atom. The zero-order chi connectivity index (χ0) is 23.2. The number of rotatable bonds is 3. The highest BCUT2D eigenvalue weighted by Crippen LogP contribution is 2.68. The molecule has 0 unspecified atom stereocenters. The van der Waals surface area contributed by atoms with Crippen LogP contribution in [0.3, 0.4) is 0 Å². The molecule has 0 aliphatic heterocycles. The van der Waals surface area contributed by atoms with Crippen molar-refractivity contribution in [3.8, 4) is 11.1 Å². The first kappa shape index (κ1) is 20.5. The Kier molecular flexibility index (Phi) is 4.76. The molecule has 7 rings (SSSR count). The topological polar surface area (TPSA) is 0 Å². The van der Waals surface area contributed by atoms with E-state index in [2.05, 4.69) is 146 Å². The lowest BCUT2D eigenvalue weighted by Crippen LogP contribution is -2.26. The molecule has 0 spiro atoms. The summed E-state index contributed by atoms with van der Waals surface area (Å²) < 4.78 is 0. The Morgan fingerprint density at radius 1 is 0.400 bits per heavy atom. The van der Waals surface area contributed by atoms with Crippen molar-refractivity contribution in [2.75, 3.05) is 0 Å². The molecule has 0 bridgehead atoms. The van der Waals surface area contributed by atoms with Gasteiger partial charge in [0.1, 0.15) is 0 Å². The molecule has 2 aliphatic rings. The van der Waals surface area contributed by atoms with Crippen LogP contribution >= 0.6 is 6.89 Å². The Hall–Kier alpha value is -3.86. The van der Waals surface area contributed by atoms with E-state index in [1.165, 1.54) is 49.3 Å². The number of benzene rings is 5. The lowest BCUT2D eigenvalue weighted by Gasteiger charge is -2.37. The third-order valence-corrected chi connectivity index (χ3v) is 12.3. The summed E-state index contributed by atoms with van der Waals surface area (Å²) in [5.41, 5.74) is 8.58. The van der Waals surface area contributed by atoms with Gasteiger partial charge in [0.25, 0.3) is 0 Å². The van der Waals surface area contributed by atoms with E-state index in [1.807, 2.05) is 0 Å². The van der Waals surface area contributed by atoms with Gasteiger partial charge in [-0.3, -0.25) is 0 Å². The molecule has 2 aliphatic carbocycles. The van der Waals surface area contributed by atoms with Crippen molar-refractivity contribution in [1.82, 2.24) is 0 Å². The van der Waals surface area contributed by atoms with Crippen molar-refractivity contribution in [3.63, 3.8) is 0 Å². The molecule has 1 heteroatoms. The van der Waals surface area contributed by atoms with Gasteiger partial charge in [-0.2, -0.15) is 0 Å². The maximum Gasteiger partial charge on any atom is 0.0383 e. The Labute approximate surface area is 207 Å². The molecule has 0 radical (unpaired) electrons. The minimum atomic E-state index is -2.16. The van der Waals surface area contributed by atoms with Crippen molar-refractivity contribution < 1.29 is 0 Å². The first-order chi connectivity index (χ1) is 17.4. The number of hydrogen-bond donors (Lipinski definition) is 0. The van der Waals surface area contributed by atoms with Crippen LogP contribution in [0.25, 0.3) is 17.2 Å². The molecule has 5 aromatic rings. The number of fused-ring (bicyclic) bond motifs is 4. The van der Waals surface area contributed by atoms with Crippen LogP contribution in [-0.2, 0) is 0 Å². The summed E-state index contributed by atoms with van der Waals surface area (Å²) >= 11 is 0. The van der Waals surface area contributed by atoms with E-state index in [0.29, 0.717) is 0 Å². The summed E-state index contributed by atoms with van der Waals surface area (Å²) in [7, 11) is 0. The molecule has 35 heavy (non-hydrogen) atoms. The average Bonchev–Trinajstić information content (AvgIpc) is 3.52. The minimum Gasteiger partial charge on any atom is -0.0622 e. The summed E-state index contributed by atoms with van der Waals surface area (Å²) in [5, 5.41) is 4.33. The summed E-state index contributed by atoms with van der Waals surface area (Å²) in [5.74, 6) is 0. The lowest BCUT2D eigenvalue weighted by atomic mass is 10.1. The van der Waals surface area contributed by atoms with E-state index in [9.17, 15) is 0 Å². The zero-order valence-corrected chi connectivity index (χ0v) is 20.3. The monoisotopic (exact) mass is 464 g/mol. The fraction of sp³-hybridized carbons (Fsp3) is 0.0294. The first-order valence-electron chi connectivity index (χ1n) is 12.2. The van der Waals surface area contributed by atoms with Gasteiger partial charge in [0, 0.05) is 5.66 Å². The van der Waals surface area contributed by atoms with Gasteiger partial charge < -0.3 is 0 Å². The van der Waals surface area contributed by atoms with Crippen molar-refractivity contribution in [1.29, 1.82) is 0 Å². The molecule has 0 atom stereocenters. The molecule has 0 heterocycles. The summed E-state index contributed by atoms with van der Waals surface area (Å²) in [6, 6.07) is 49.6. The highest BCUT2D eigenvalue weighted by atomic mass is 31.2. The Morgan fingerprint density at radius 3 is 1.43 bits per heavy atom. The van der Waals surface area contributed by atoms with Gasteiger partial charge in [-0.1, -0.05) is 146 Å². The molecular formula is C34H25P. The van der Waals surface area contributed by atoms with E-state index >= 15 is 0 Å². The molecule has 0 N–H and O–H groups in total. The quantitative estimate of drug-likeness (QED) is 0.240. The summed E-state index contributed by atoms with van der Waals surface area (Å²) in [6.45, 7) is -2.16. The second-order valence-corrected chi connectivity index (χ2v) is 12.8. The SMILES string of the molecule is C1=Cc2ccccc2C1=P(c1ccccc1)(c1ccccc1)C1c2ccccc2-c2ccccc21. The van der Waals surface area contributed by atoms with Crippen LogP contribution < -0.4 is 10.6 Å². The Balaban J connectivity index is 1.73. The molecule has 0 fully saturated rings. The second-order valence-electron chi connectivity index (χ2n) is 9.28. The summed E-state index contributed by atoms with van der Waals surface area (Å²) in [4.78, 5) is 0. The predicted octanol–water partition coefficient (Wildman–Crippen LogP) is 7.67. The van der Waals surface area contributed by atoms with E-state index in [1.54, 1.807) is 0 Å². The van der Waals surface area contributed by atoms with Crippen molar-refractivity contribution in [2.45, 2.75) is 5.66 Å². The van der Waals surface area contributed by atoms with Gasteiger partial charge in [-0.25, -0.2) is 0 Å². The molecule has 0 aromatic heterocycles. The predicted molar refractivity (Wildman–Crippen MR) is 152 cm³/mol. The Bertz CT molecular complexity index is 1550. The molecule has 0 saturated carbocycles. The smallest absolute Gasteiger partial charge is 0.0383 e. The number of hydrogen-bond acceptors (Lipinski definition) is 0. The van der Waals surface area contributed by atoms with Crippen LogP contribution in [0.4, 0.5) is 0 Å². The maximum absolute atomic E-state index is 2.42. The normalized spacial score (nSPS) is 14.0. The van der Waals surface area contributed by atoms with Gasteiger partial charge >= 0.3 is 0 Å². The van der Waals surface area contributed by atoms with E-state index < -0.39 is 6.89 Å². The molecular weight excluding hydrogens is 439 g/mol. The molecule has 166 valence electrons. The van der Waals surface area contributed by atoms with Gasteiger partial charge in [-0.15, -0.1) is 0 Å². The van der Waals surface area contributed by atoms with Crippen LogP contribution in [0.1, 0.15) is 27.9 Å². The second kappa shape index (κ2) is 8.12. The van der Waals surface area contributed by atoms with Crippen LogP contribution in [0.2, 0.25) is 0 Å². The molecule has 0 nitrogen and oxygen atoms in total. The third kappa shape index (κ3) is 2.94. The minimum absolute atomic E-state index is 0.255. The standard InChI is InChI=1S/C34H25P/c1-3-14-26(15-4-1)35(27-16-5-2-6-17-27,33-24-23-25-13-7-8-18-28(25)33)34-31-21-11-9-19-29(31)30-20-10-12-22-32(30)34/h1-24,34H. The average molecular weight is 465 g/mol. The number of allylic oxidation sites excluding steroid dienone is 1. The van der Waals surface area contributed by atoms with Crippen LogP contribution in [0, 0.1) is 0 Å². The van der Waals surface area contributed by atoms with Crippen molar-refractivity contribution in [2.24, 2.45) is 0 Å². The molecule has 0 amide bonds. The first-order valence-corrected chi connectivity index (χ1v) is 14.1. The van der Waals surface area contributed by atoms with Crippen LogP contribution in [0.5, 0.6) is 0 Å². The fourth-order valence-corrected chi connectivity index (χ4v) is 11.4. The van der Waals surface area contributed by atoms with Gasteiger partial charge in [0.15, 0.2) is 0 Å². The maximum atomic E-state index is 2.42. The fourth-order valence-electron chi connectivity index (χ4n) is 6.18.